The van der Waals surface area contributed by atoms with Crippen molar-refractivity contribution < 1.29 is 4.79 Å². The van der Waals surface area contributed by atoms with Crippen LogP contribution in [0.4, 0.5) is 4.79 Å². The first-order valence-corrected chi connectivity index (χ1v) is 7.85. The van der Waals surface area contributed by atoms with Gasteiger partial charge in [0, 0.05) is 13.1 Å². The molecule has 1 aliphatic heterocycles. The number of benzene rings is 2. The molecule has 0 bridgehead atoms. The largest absolute Gasteiger partial charge is 0.321 e. The zero-order valence-corrected chi connectivity index (χ0v) is 13.1. The Hall–Kier alpha value is -2.29. The molecular weight excluding hydrogens is 272 g/mol. The number of amides is 2. The predicted molar refractivity (Wildman–Crippen MR) is 88.5 cm³/mol. The number of hydrogen-bond donors (Lipinski definition) is 0. The fourth-order valence-electron chi connectivity index (χ4n) is 3.11. The summed E-state index contributed by atoms with van der Waals surface area (Å²) in [4.78, 5) is 16.7. The molecule has 0 aliphatic carbocycles. The lowest BCUT2D eigenvalue weighted by Crippen LogP contribution is -2.35. The molecule has 2 aromatic rings. The number of urea groups is 1. The van der Waals surface area contributed by atoms with Crippen molar-refractivity contribution >= 4 is 6.03 Å². The van der Waals surface area contributed by atoms with Crippen molar-refractivity contribution in [2.24, 2.45) is 0 Å². The highest BCUT2D eigenvalue weighted by molar-refractivity contribution is 5.77. The lowest BCUT2D eigenvalue weighted by Gasteiger charge is -2.28. The Kier molecular flexibility index (Phi) is 4.14. The molecule has 0 N–H and O–H groups in total. The Morgan fingerprint density at radius 3 is 1.45 bits per heavy atom. The van der Waals surface area contributed by atoms with Crippen LogP contribution in [0.2, 0.25) is 0 Å². The Morgan fingerprint density at radius 2 is 1.09 bits per heavy atom. The molecule has 2 aromatic carbocycles. The summed E-state index contributed by atoms with van der Waals surface area (Å²) < 4.78 is 0. The number of carbonyl (C=O) groups is 1. The smallest absolute Gasteiger partial charge is 0.316 e. The van der Waals surface area contributed by atoms with Crippen LogP contribution in [0, 0.1) is 0 Å². The van der Waals surface area contributed by atoms with Crippen molar-refractivity contribution in [3.8, 4) is 0 Å². The van der Waals surface area contributed by atoms with Crippen LogP contribution >= 0.6 is 0 Å². The van der Waals surface area contributed by atoms with Crippen LogP contribution in [0.1, 0.15) is 37.1 Å². The summed E-state index contributed by atoms with van der Waals surface area (Å²) in [5.41, 5.74) is 2.37. The first-order chi connectivity index (χ1) is 10.7. The van der Waals surface area contributed by atoms with E-state index < -0.39 is 0 Å². The lowest BCUT2D eigenvalue weighted by atomic mass is 10.1. The molecular formula is C19H22N2O. The van der Waals surface area contributed by atoms with E-state index in [-0.39, 0.29) is 18.1 Å². The van der Waals surface area contributed by atoms with Crippen LogP contribution in [-0.4, -0.2) is 28.9 Å². The molecule has 3 nitrogen and oxygen atoms in total. The Morgan fingerprint density at radius 1 is 0.727 bits per heavy atom. The number of nitrogens with zero attached hydrogens (tertiary/aromatic N) is 2. The Bertz CT molecular complexity index is 571. The van der Waals surface area contributed by atoms with Crippen molar-refractivity contribution in [2.75, 3.05) is 13.1 Å². The molecule has 0 spiro atoms. The third kappa shape index (κ3) is 2.71. The van der Waals surface area contributed by atoms with Crippen LogP contribution < -0.4 is 0 Å². The minimum Gasteiger partial charge on any atom is -0.316 e. The fourth-order valence-corrected chi connectivity index (χ4v) is 3.11. The van der Waals surface area contributed by atoms with Crippen molar-refractivity contribution in [1.29, 1.82) is 0 Å². The van der Waals surface area contributed by atoms with Gasteiger partial charge in [-0.05, 0) is 25.0 Å². The van der Waals surface area contributed by atoms with E-state index in [9.17, 15) is 4.79 Å². The van der Waals surface area contributed by atoms with E-state index in [2.05, 4.69) is 38.1 Å². The maximum atomic E-state index is 12.8. The van der Waals surface area contributed by atoms with Crippen LogP contribution in [0.25, 0.3) is 0 Å². The summed E-state index contributed by atoms with van der Waals surface area (Å²) >= 11 is 0. The van der Waals surface area contributed by atoms with E-state index in [0.717, 1.165) is 13.1 Å². The van der Waals surface area contributed by atoms with Crippen LogP contribution in [0.3, 0.4) is 0 Å². The van der Waals surface area contributed by atoms with Gasteiger partial charge < -0.3 is 9.80 Å². The van der Waals surface area contributed by atoms with Gasteiger partial charge in [0.05, 0.1) is 12.1 Å². The van der Waals surface area contributed by atoms with Crippen molar-refractivity contribution in [3.05, 3.63) is 71.8 Å². The van der Waals surface area contributed by atoms with Gasteiger partial charge in [-0.25, -0.2) is 4.79 Å². The van der Waals surface area contributed by atoms with E-state index in [1.165, 1.54) is 11.1 Å². The second-order valence-corrected chi connectivity index (χ2v) is 5.84. The molecule has 2 amide bonds. The van der Waals surface area contributed by atoms with Gasteiger partial charge in [-0.3, -0.25) is 0 Å². The molecule has 22 heavy (non-hydrogen) atoms. The molecule has 2 atom stereocenters. The van der Waals surface area contributed by atoms with E-state index in [1.54, 1.807) is 0 Å². The summed E-state index contributed by atoms with van der Waals surface area (Å²) in [5, 5.41) is 0. The zero-order chi connectivity index (χ0) is 15.5. The van der Waals surface area contributed by atoms with Gasteiger partial charge in [0.1, 0.15) is 0 Å². The molecule has 1 saturated heterocycles. The quantitative estimate of drug-likeness (QED) is 0.827. The van der Waals surface area contributed by atoms with Gasteiger partial charge in [0.2, 0.25) is 0 Å². The highest BCUT2D eigenvalue weighted by Crippen LogP contribution is 2.29. The number of rotatable bonds is 4. The van der Waals surface area contributed by atoms with Gasteiger partial charge in [0.25, 0.3) is 0 Å². The van der Waals surface area contributed by atoms with Crippen molar-refractivity contribution in [2.45, 2.75) is 25.9 Å². The van der Waals surface area contributed by atoms with Gasteiger partial charge in [-0.1, -0.05) is 60.7 Å². The molecule has 0 radical (unpaired) electrons. The van der Waals surface area contributed by atoms with Gasteiger partial charge >= 0.3 is 6.03 Å². The Labute approximate surface area is 132 Å². The summed E-state index contributed by atoms with van der Waals surface area (Å²) in [7, 11) is 0. The second-order valence-electron chi connectivity index (χ2n) is 5.84. The highest BCUT2D eigenvalue weighted by Gasteiger charge is 2.35. The lowest BCUT2D eigenvalue weighted by molar-refractivity contribution is 0.170. The molecule has 0 saturated carbocycles. The molecule has 3 rings (SSSR count). The van der Waals surface area contributed by atoms with Gasteiger partial charge in [-0.2, -0.15) is 0 Å². The topological polar surface area (TPSA) is 23.6 Å². The minimum absolute atomic E-state index is 0.113. The molecule has 1 heterocycles. The molecule has 1 aliphatic rings. The maximum Gasteiger partial charge on any atom is 0.321 e. The third-order valence-corrected chi connectivity index (χ3v) is 4.57. The van der Waals surface area contributed by atoms with Crippen LogP contribution in [-0.2, 0) is 0 Å². The monoisotopic (exact) mass is 294 g/mol. The average Bonchev–Trinajstić information content (AvgIpc) is 2.96. The van der Waals surface area contributed by atoms with Crippen molar-refractivity contribution in [3.63, 3.8) is 0 Å². The molecule has 0 aromatic heterocycles. The predicted octanol–water partition coefficient (Wildman–Crippen LogP) is 4.25. The van der Waals surface area contributed by atoms with E-state index in [4.69, 9.17) is 0 Å². The molecule has 0 unspecified atom stereocenters. The van der Waals surface area contributed by atoms with E-state index in [1.807, 2.05) is 46.2 Å². The second kappa shape index (κ2) is 6.22. The first-order valence-electron chi connectivity index (χ1n) is 7.85. The normalized spacial score (nSPS) is 17.6. The summed E-state index contributed by atoms with van der Waals surface area (Å²) in [6.07, 6.45) is 0. The standard InChI is InChI=1S/C19H22N2O/c1-15(17-9-5-3-6-10-17)20-13-14-21(19(20)22)16(2)18-11-7-4-8-12-18/h3-12,15-16H,13-14H2,1-2H3/t15-,16-/m1/s1. The summed E-state index contributed by atoms with van der Waals surface area (Å²) in [5.74, 6) is 0. The third-order valence-electron chi connectivity index (χ3n) is 4.57. The maximum absolute atomic E-state index is 12.8. The minimum atomic E-state index is 0.113. The number of carbonyl (C=O) groups excluding carboxylic acids is 1. The zero-order valence-electron chi connectivity index (χ0n) is 13.1. The first kappa shape index (κ1) is 14.6. The molecule has 3 heteroatoms. The number of hydrogen-bond acceptors (Lipinski definition) is 1. The fraction of sp³-hybridized carbons (Fsp3) is 0.316. The van der Waals surface area contributed by atoms with E-state index in [0.29, 0.717) is 0 Å². The molecule has 114 valence electrons. The average molecular weight is 294 g/mol. The van der Waals surface area contributed by atoms with Gasteiger partial charge in [0.15, 0.2) is 0 Å². The van der Waals surface area contributed by atoms with Gasteiger partial charge in [-0.15, -0.1) is 0 Å². The van der Waals surface area contributed by atoms with Crippen molar-refractivity contribution in [1.82, 2.24) is 9.80 Å². The van der Waals surface area contributed by atoms with E-state index >= 15 is 0 Å². The highest BCUT2D eigenvalue weighted by atomic mass is 16.2. The molecule has 1 fully saturated rings. The van der Waals surface area contributed by atoms with Crippen LogP contribution in [0.5, 0.6) is 0 Å². The summed E-state index contributed by atoms with van der Waals surface area (Å²) in [6, 6.07) is 20.8. The SMILES string of the molecule is C[C@H](c1ccccc1)N1CCN([C@H](C)c2ccccc2)C1=O. The summed E-state index contributed by atoms with van der Waals surface area (Å²) in [6.45, 7) is 5.77. The Balaban J connectivity index is 1.75. The van der Waals surface area contributed by atoms with Crippen LogP contribution in [0.15, 0.2) is 60.7 Å².